The lowest BCUT2D eigenvalue weighted by atomic mass is 10.0. The number of hydrogen-bond acceptors (Lipinski definition) is 10. The number of rotatable bonds is 11. The minimum absolute atomic E-state index is 0.123. The molecule has 0 saturated carbocycles. The lowest BCUT2D eigenvalue weighted by molar-refractivity contribution is -0.130. The third-order valence-corrected chi connectivity index (χ3v) is 8.70. The number of hydrazone groups is 1. The van der Waals surface area contributed by atoms with Gasteiger partial charge < -0.3 is 24.1 Å². The second-order valence-corrected chi connectivity index (χ2v) is 11.1. The predicted molar refractivity (Wildman–Crippen MR) is 160 cm³/mol. The molecule has 0 radical (unpaired) electrons. The van der Waals surface area contributed by atoms with Gasteiger partial charge in [0.05, 0.1) is 50.3 Å². The van der Waals surface area contributed by atoms with Crippen LogP contribution in [0.2, 0.25) is 0 Å². The van der Waals surface area contributed by atoms with Crippen LogP contribution in [0.25, 0.3) is 0 Å². The van der Waals surface area contributed by atoms with Crippen molar-refractivity contribution in [2.75, 3.05) is 27.1 Å². The fourth-order valence-corrected chi connectivity index (χ4v) is 5.98. The van der Waals surface area contributed by atoms with Gasteiger partial charge in [-0.1, -0.05) is 30.0 Å². The number of nitrogens with one attached hydrogen (secondary N) is 1. The van der Waals surface area contributed by atoms with Crippen molar-refractivity contribution >= 4 is 40.6 Å². The van der Waals surface area contributed by atoms with Crippen LogP contribution < -0.4 is 19.5 Å². The summed E-state index contributed by atoms with van der Waals surface area (Å²) in [7, 11) is 6.48. The van der Waals surface area contributed by atoms with Crippen LogP contribution in [0, 0.1) is 0 Å². The highest BCUT2D eigenvalue weighted by Crippen LogP contribution is 2.35. The number of amides is 2. The zero-order valence-electron chi connectivity index (χ0n) is 23.6. The van der Waals surface area contributed by atoms with E-state index < -0.39 is 0 Å². The van der Waals surface area contributed by atoms with Crippen LogP contribution in [-0.2, 0) is 18.4 Å². The van der Waals surface area contributed by atoms with E-state index in [1.807, 2.05) is 41.8 Å². The molecule has 0 aliphatic carbocycles. The zero-order chi connectivity index (χ0) is 29.6. The predicted octanol–water partition coefficient (Wildman–Crippen LogP) is 4.30. The van der Waals surface area contributed by atoms with Gasteiger partial charge in [0.2, 0.25) is 0 Å². The first-order valence-corrected chi connectivity index (χ1v) is 14.9. The highest BCUT2D eigenvalue weighted by Gasteiger charge is 2.33. The van der Waals surface area contributed by atoms with Gasteiger partial charge in [0.1, 0.15) is 5.75 Å². The van der Waals surface area contributed by atoms with Crippen LogP contribution in [0.1, 0.15) is 39.1 Å². The molecule has 0 saturated heterocycles. The largest absolute Gasteiger partial charge is 0.497 e. The van der Waals surface area contributed by atoms with E-state index in [1.54, 1.807) is 53.3 Å². The Labute approximate surface area is 251 Å². The summed E-state index contributed by atoms with van der Waals surface area (Å²) in [6, 6.07) is 16.4. The average molecular weight is 607 g/mol. The van der Waals surface area contributed by atoms with Gasteiger partial charge in [-0.3, -0.25) is 9.59 Å². The maximum atomic E-state index is 13.5. The molecule has 0 spiro atoms. The van der Waals surface area contributed by atoms with Crippen LogP contribution in [0.15, 0.2) is 70.2 Å². The first-order chi connectivity index (χ1) is 20.4. The van der Waals surface area contributed by atoms with Gasteiger partial charge in [-0.25, -0.2) is 5.01 Å². The van der Waals surface area contributed by atoms with E-state index in [9.17, 15) is 9.59 Å². The molecule has 3 heterocycles. The Bertz CT molecular complexity index is 1590. The molecule has 2 amide bonds. The van der Waals surface area contributed by atoms with Crippen LogP contribution >= 0.6 is 23.1 Å². The van der Waals surface area contributed by atoms with Gasteiger partial charge in [0.15, 0.2) is 22.5 Å². The highest BCUT2D eigenvalue weighted by molar-refractivity contribution is 7.99. The monoisotopic (exact) mass is 606 g/mol. The number of hydrogen-bond donors (Lipinski definition) is 1. The average Bonchev–Trinajstić information content (AvgIpc) is 3.79. The molecule has 0 unspecified atom stereocenters. The molecule has 2 aromatic carbocycles. The fourth-order valence-electron chi connectivity index (χ4n) is 4.47. The number of carbonyl (C=O) groups is 2. The van der Waals surface area contributed by atoms with Crippen molar-refractivity contribution in [2.45, 2.75) is 24.2 Å². The number of aromatic nitrogens is 3. The molecule has 2 aromatic heterocycles. The third-order valence-electron chi connectivity index (χ3n) is 6.77. The molecular weight excluding hydrogens is 576 g/mol. The maximum absolute atomic E-state index is 13.5. The minimum Gasteiger partial charge on any atom is -0.497 e. The Morgan fingerprint density at radius 2 is 1.81 bits per heavy atom. The topological polar surface area (TPSA) is 120 Å². The number of benzene rings is 2. The van der Waals surface area contributed by atoms with Crippen LogP contribution in [0.5, 0.6) is 17.2 Å². The molecule has 0 bridgehead atoms. The van der Waals surface area contributed by atoms with E-state index in [2.05, 4.69) is 15.5 Å². The number of ether oxygens (including phenoxy) is 3. The summed E-state index contributed by atoms with van der Waals surface area (Å²) in [6.45, 7) is 0.158. The molecule has 4 aromatic rings. The summed E-state index contributed by atoms with van der Waals surface area (Å²) in [5, 5.41) is 20.2. The van der Waals surface area contributed by atoms with Gasteiger partial charge in [-0.2, -0.15) is 5.10 Å². The Morgan fingerprint density at radius 3 is 2.50 bits per heavy atom. The Kier molecular flexibility index (Phi) is 9.08. The van der Waals surface area contributed by atoms with Crippen molar-refractivity contribution in [2.24, 2.45) is 12.1 Å². The van der Waals surface area contributed by atoms with Crippen molar-refractivity contribution in [3.05, 3.63) is 81.8 Å². The number of carbonyl (C=O) groups excluding carboxylic acids is 2. The van der Waals surface area contributed by atoms with E-state index in [-0.39, 0.29) is 30.2 Å². The zero-order valence-corrected chi connectivity index (χ0v) is 25.2. The molecular formula is C29H30N6O5S2. The molecule has 13 heteroatoms. The molecule has 5 rings (SSSR count). The first kappa shape index (κ1) is 29.1. The molecule has 11 nitrogen and oxygen atoms in total. The summed E-state index contributed by atoms with van der Waals surface area (Å²) >= 11 is 2.88. The molecule has 1 aliphatic rings. The molecule has 42 heavy (non-hydrogen) atoms. The number of methoxy groups -OCH3 is 3. The van der Waals surface area contributed by atoms with Gasteiger partial charge in [-0.15, -0.1) is 21.5 Å². The SMILES string of the molecule is COc1ccc([C@@H]2CC(c3cccs3)=NN2C(=O)CSc2nnc(CNC(=O)c3ccc(OC)c(OC)c3)n2C)cc1. The second kappa shape index (κ2) is 13.1. The quantitative estimate of drug-likeness (QED) is 0.251. The van der Waals surface area contributed by atoms with Crippen molar-refractivity contribution < 1.29 is 23.8 Å². The summed E-state index contributed by atoms with van der Waals surface area (Å²) in [6.07, 6.45) is 0.622. The van der Waals surface area contributed by atoms with E-state index >= 15 is 0 Å². The molecule has 1 aliphatic heterocycles. The summed E-state index contributed by atoms with van der Waals surface area (Å²) in [5.74, 6) is 2.00. The lowest BCUT2D eigenvalue weighted by Gasteiger charge is -2.22. The third kappa shape index (κ3) is 6.26. The number of thioether (sulfide) groups is 1. The Morgan fingerprint density at radius 1 is 1.02 bits per heavy atom. The van der Waals surface area contributed by atoms with Crippen LogP contribution in [-0.4, -0.2) is 64.4 Å². The summed E-state index contributed by atoms with van der Waals surface area (Å²) in [4.78, 5) is 27.2. The lowest BCUT2D eigenvalue weighted by Crippen LogP contribution is -2.28. The first-order valence-electron chi connectivity index (χ1n) is 13.0. The summed E-state index contributed by atoms with van der Waals surface area (Å²) in [5.41, 5.74) is 2.29. The van der Waals surface area contributed by atoms with Gasteiger partial charge >= 0.3 is 0 Å². The molecule has 1 atom stereocenters. The van der Waals surface area contributed by atoms with E-state index in [0.717, 1.165) is 21.9 Å². The van der Waals surface area contributed by atoms with E-state index in [1.165, 1.54) is 26.0 Å². The van der Waals surface area contributed by atoms with Gasteiger partial charge in [0, 0.05) is 19.0 Å². The minimum atomic E-state index is -0.290. The van der Waals surface area contributed by atoms with Crippen LogP contribution in [0.4, 0.5) is 0 Å². The van der Waals surface area contributed by atoms with Crippen molar-refractivity contribution in [3.63, 3.8) is 0 Å². The molecule has 1 N–H and O–H groups in total. The van der Waals surface area contributed by atoms with Crippen molar-refractivity contribution in [3.8, 4) is 17.2 Å². The summed E-state index contributed by atoms with van der Waals surface area (Å²) < 4.78 is 17.6. The maximum Gasteiger partial charge on any atom is 0.253 e. The van der Waals surface area contributed by atoms with E-state index in [4.69, 9.17) is 19.3 Å². The van der Waals surface area contributed by atoms with Gasteiger partial charge in [0.25, 0.3) is 11.8 Å². The van der Waals surface area contributed by atoms with Crippen LogP contribution in [0.3, 0.4) is 0 Å². The number of nitrogens with zero attached hydrogens (tertiary/aromatic N) is 5. The number of thiophene rings is 1. The smallest absolute Gasteiger partial charge is 0.253 e. The highest BCUT2D eigenvalue weighted by atomic mass is 32.2. The standard InChI is InChI=1S/C29H30N6O5S2/c1-34-26(16-30-28(37)19-9-12-23(39-3)24(14-19)40-4)31-32-29(34)42-17-27(36)35-22(18-7-10-20(38-2)11-8-18)15-21(33-35)25-6-5-13-41-25/h5-14,22H,15-17H2,1-4H3,(H,30,37)/t22-/m0/s1. The Hall–Kier alpha value is -4.36. The molecule has 218 valence electrons. The Balaban J connectivity index is 1.23. The molecule has 0 fully saturated rings. The second-order valence-electron chi connectivity index (χ2n) is 9.25. The van der Waals surface area contributed by atoms with Gasteiger partial charge in [-0.05, 0) is 47.3 Å². The fraction of sp³-hybridized carbons (Fsp3) is 0.276. The van der Waals surface area contributed by atoms with E-state index in [0.29, 0.717) is 34.5 Å². The normalized spacial score (nSPS) is 14.4. The van der Waals surface area contributed by atoms with Crippen molar-refractivity contribution in [1.82, 2.24) is 25.1 Å². The van der Waals surface area contributed by atoms with Crippen molar-refractivity contribution in [1.29, 1.82) is 0 Å².